The fourth-order valence-electron chi connectivity index (χ4n) is 3.67. The maximum Gasteiger partial charge on any atom is 0.261 e. The standard InChI is InChI=1S/C21H20N2O4/c1-26-18-11-13-7-9-22-17(16(13)12-19(18)27-2)8-10-23-20(24)14-5-3-4-6-15(14)21(23)25/h3-6,11-12H,7-10H2,1-2H3. The van der Waals surface area contributed by atoms with Crippen LogP contribution in [0.1, 0.15) is 38.3 Å². The van der Waals surface area contributed by atoms with Gasteiger partial charge in [0.2, 0.25) is 0 Å². The number of carbonyl (C=O) groups excluding carboxylic acids is 2. The van der Waals surface area contributed by atoms with E-state index in [1.165, 1.54) is 4.90 Å². The lowest BCUT2D eigenvalue weighted by atomic mass is 9.95. The summed E-state index contributed by atoms with van der Waals surface area (Å²) in [5, 5.41) is 0. The van der Waals surface area contributed by atoms with Crippen molar-refractivity contribution < 1.29 is 19.1 Å². The topological polar surface area (TPSA) is 68.2 Å². The molecule has 0 N–H and O–H groups in total. The van der Waals surface area contributed by atoms with Gasteiger partial charge < -0.3 is 9.47 Å². The van der Waals surface area contributed by atoms with Crippen LogP contribution in [0.2, 0.25) is 0 Å². The summed E-state index contributed by atoms with van der Waals surface area (Å²) in [6.45, 7) is 0.985. The lowest BCUT2D eigenvalue weighted by molar-refractivity contribution is 0.0658. The van der Waals surface area contributed by atoms with E-state index in [9.17, 15) is 9.59 Å². The molecule has 2 heterocycles. The van der Waals surface area contributed by atoms with Crippen LogP contribution in [0.25, 0.3) is 0 Å². The molecule has 27 heavy (non-hydrogen) atoms. The first-order valence-electron chi connectivity index (χ1n) is 8.88. The van der Waals surface area contributed by atoms with Gasteiger partial charge in [0.25, 0.3) is 11.8 Å². The molecule has 138 valence electrons. The van der Waals surface area contributed by atoms with Crippen molar-refractivity contribution in [2.24, 2.45) is 4.99 Å². The Morgan fingerprint density at radius 1 is 0.963 bits per heavy atom. The summed E-state index contributed by atoms with van der Waals surface area (Å²) < 4.78 is 10.8. The lowest BCUT2D eigenvalue weighted by Gasteiger charge is -2.21. The second-order valence-corrected chi connectivity index (χ2v) is 6.50. The van der Waals surface area contributed by atoms with Gasteiger partial charge in [0.05, 0.1) is 25.3 Å². The van der Waals surface area contributed by atoms with Crippen molar-refractivity contribution in [1.82, 2.24) is 4.90 Å². The molecule has 6 nitrogen and oxygen atoms in total. The summed E-state index contributed by atoms with van der Waals surface area (Å²) in [7, 11) is 3.22. The van der Waals surface area contributed by atoms with E-state index in [0.717, 1.165) is 23.3 Å². The molecule has 6 heteroatoms. The summed E-state index contributed by atoms with van der Waals surface area (Å²) in [5.41, 5.74) is 3.96. The zero-order valence-electron chi connectivity index (χ0n) is 15.3. The number of rotatable bonds is 5. The molecule has 2 amide bonds. The number of carbonyl (C=O) groups is 2. The van der Waals surface area contributed by atoms with Crippen LogP contribution in [0, 0.1) is 0 Å². The smallest absolute Gasteiger partial charge is 0.261 e. The van der Waals surface area contributed by atoms with Crippen LogP contribution in [0.5, 0.6) is 11.5 Å². The Balaban J connectivity index is 1.56. The molecule has 0 saturated heterocycles. The van der Waals surface area contributed by atoms with Crippen LogP contribution in [-0.2, 0) is 6.42 Å². The zero-order chi connectivity index (χ0) is 19.0. The number of imide groups is 1. The van der Waals surface area contributed by atoms with E-state index >= 15 is 0 Å². The van der Waals surface area contributed by atoms with Gasteiger partial charge in [-0.1, -0.05) is 12.1 Å². The maximum absolute atomic E-state index is 12.5. The van der Waals surface area contributed by atoms with Crippen LogP contribution >= 0.6 is 0 Å². The number of nitrogens with zero attached hydrogens (tertiary/aromatic N) is 2. The summed E-state index contributed by atoms with van der Waals surface area (Å²) in [6, 6.07) is 10.8. The van der Waals surface area contributed by atoms with Crippen molar-refractivity contribution >= 4 is 17.5 Å². The van der Waals surface area contributed by atoms with Gasteiger partial charge in [0.1, 0.15) is 0 Å². The van der Waals surface area contributed by atoms with Crippen molar-refractivity contribution in [2.75, 3.05) is 27.3 Å². The predicted octanol–water partition coefficient (Wildman–Crippen LogP) is 2.74. The highest BCUT2D eigenvalue weighted by Gasteiger charge is 2.35. The summed E-state index contributed by atoms with van der Waals surface area (Å²) >= 11 is 0. The highest BCUT2D eigenvalue weighted by Crippen LogP contribution is 2.33. The van der Waals surface area contributed by atoms with Crippen LogP contribution in [0.15, 0.2) is 41.4 Å². The average Bonchev–Trinajstić information content (AvgIpc) is 2.95. The molecule has 0 aromatic heterocycles. The molecule has 2 aliphatic heterocycles. The molecule has 0 fully saturated rings. The van der Waals surface area contributed by atoms with Gasteiger partial charge in [-0.15, -0.1) is 0 Å². The van der Waals surface area contributed by atoms with E-state index in [0.29, 0.717) is 42.1 Å². The lowest BCUT2D eigenvalue weighted by Crippen LogP contribution is -2.32. The molecule has 2 aromatic carbocycles. The number of fused-ring (bicyclic) bond motifs is 2. The first kappa shape index (κ1) is 17.3. The fourth-order valence-corrected chi connectivity index (χ4v) is 3.67. The second kappa shape index (κ2) is 6.87. The van der Waals surface area contributed by atoms with E-state index in [1.54, 1.807) is 38.5 Å². The third-order valence-corrected chi connectivity index (χ3v) is 5.05. The molecule has 0 spiro atoms. The summed E-state index contributed by atoms with van der Waals surface area (Å²) in [4.78, 5) is 31.0. The Hall–Kier alpha value is -3.15. The maximum atomic E-state index is 12.5. The zero-order valence-corrected chi connectivity index (χ0v) is 15.3. The first-order chi connectivity index (χ1) is 13.1. The number of methoxy groups -OCH3 is 2. The second-order valence-electron chi connectivity index (χ2n) is 6.50. The van der Waals surface area contributed by atoms with Gasteiger partial charge in [-0.3, -0.25) is 19.5 Å². The molecule has 0 radical (unpaired) electrons. The largest absolute Gasteiger partial charge is 0.493 e. The monoisotopic (exact) mass is 364 g/mol. The quantitative estimate of drug-likeness (QED) is 0.765. The number of ether oxygens (including phenoxy) is 2. The number of hydrogen-bond acceptors (Lipinski definition) is 5. The van der Waals surface area contributed by atoms with E-state index in [4.69, 9.17) is 9.47 Å². The molecular weight excluding hydrogens is 344 g/mol. The van der Waals surface area contributed by atoms with Gasteiger partial charge in [-0.2, -0.15) is 0 Å². The Kier molecular flexibility index (Phi) is 4.39. The molecule has 2 aromatic rings. The highest BCUT2D eigenvalue weighted by atomic mass is 16.5. The normalized spacial score (nSPS) is 15.3. The van der Waals surface area contributed by atoms with Crippen LogP contribution < -0.4 is 9.47 Å². The van der Waals surface area contributed by atoms with Crippen molar-refractivity contribution in [2.45, 2.75) is 12.8 Å². The van der Waals surface area contributed by atoms with Crippen molar-refractivity contribution in [3.05, 3.63) is 58.7 Å². The number of aliphatic imine (C=N–C) groups is 1. The molecule has 2 aliphatic rings. The minimum absolute atomic E-state index is 0.237. The number of hydrogen-bond donors (Lipinski definition) is 0. The third-order valence-electron chi connectivity index (χ3n) is 5.05. The van der Waals surface area contributed by atoms with Crippen molar-refractivity contribution in [3.8, 4) is 11.5 Å². The molecule has 4 rings (SSSR count). The third kappa shape index (κ3) is 2.87. The Morgan fingerprint density at radius 3 is 2.22 bits per heavy atom. The highest BCUT2D eigenvalue weighted by molar-refractivity contribution is 6.21. The van der Waals surface area contributed by atoms with Gasteiger partial charge >= 0.3 is 0 Å². The average molecular weight is 364 g/mol. The van der Waals surface area contributed by atoms with E-state index in [-0.39, 0.29) is 11.8 Å². The van der Waals surface area contributed by atoms with Crippen LogP contribution in [0.4, 0.5) is 0 Å². The molecule has 0 aliphatic carbocycles. The minimum atomic E-state index is -0.237. The van der Waals surface area contributed by atoms with E-state index in [2.05, 4.69) is 4.99 Å². The van der Waals surface area contributed by atoms with Crippen molar-refractivity contribution in [1.29, 1.82) is 0 Å². The summed E-state index contributed by atoms with van der Waals surface area (Å²) in [6.07, 6.45) is 1.33. The van der Waals surface area contributed by atoms with Gasteiger partial charge in [0, 0.05) is 30.8 Å². The van der Waals surface area contributed by atoms with Gasteiger partial charge in [-0.25, -0.2) is 0 Å². The molecule has 0 saturated carbocycles. The Labute approximate surface area is 157 Å². The Bertz CT molecular complexity index is 930. The molecule has 0 bridgehead atoms. The molecule has 0 unspecified atom stereocenters. The van der Waals surface area contributed by atoms with Gasteiger partial charge in [-0.05, 0) is 36.2 Å². The van der Waals surface area contributed by atoms with Crippen molar-refractivity contribution in [3.63, 3.8) is 0 Å². The van der Waals surface area contributed by atoms with Gasteiger partial charge in [0.15, 0.2) is 11.5 Å². The number of amides is 2. The molecule has 0 atom stereocenters. The SMILES string of the molecule is COc1cc2c(cc1OC)C(CCN1C(=O)c3ccccc3C1=O)=NCC2. The van der Waals surface area contributed by atoms with E-state index < -0.39 is 0 Å². The van der Waals surface area contributed by atoms with Crippen LogP contribution in [0.3, 0.4) is 0 Å². The first-order valence-corrected chi connectivity index (χ1v) is 8.88. The molecular formula is C21H20N2O4. The predicted molar refractivity (Wildman–Crippen MR) is 101 cm³/mol. The van der Waals surface area contributed by atoms with Crippen LogP contribution in [-0.4, -0.2) is 49.7 Å². The Morgan fingerprint density at radius 2 is 1.59 bits per heavy atom. The fraction of sp³-hybridized carbons (Fsp3) is 0.286. The van der Waals surface area contributed by atoms with E-state index in [1.807, 2.05) is 12.1 Å². The minimum Gasteiger partial charge on any atom is -0.493 e. The number of benzene rings is 2. The summed E-state index contributed by atoms with van der Waals surface area (Å²) in [5.74, 6) is 0.864.